The van der Waals surface area contributed by atoms with Crippen LogP contribution in [0.2, 0.25) is 0 Å². The predicted molar refractivity (Wildman–Crippen MR) is 72.1 cm³/mol. The Balaban J connectivity index is 2.80. The van der Waals surface area contributed by atoms with E-state index < -0.39 is 6.09 Å². The third-order valence-electron chi connectivity index (χ3n) is 2.18. The third kappa shape index (κ3) is 2.42. The number of aryl methyl sites for hydroxylation is 1. The lowest BCUT2D eigenvalue weighted by Gasteiger charge is -2.09. The number of fused-ring (bicyclic) bond motifs is 1. The van der Waals surface area contributed by atoms with Gasteiger partial charge in [0.25, 0.3) is 0 Å². The molecule has 0 saturated heterocycles. The molecule has 0 unspecified atom stereocenters. The third-order valence-corrected chi connectivity index (χ3v) is 3.42. The number of hydrogen-bond donors (Lipinski definition) is 1. The van der Waals surface area contributed by atoms with E-state index in [1.54, 1.807) is 6.07 Å². The summed E-state index contributed by atoms with van der Waals surface area (Å²) in [5, 5.41) is 0.857. The molecule has 0 fully saturated rings. The Labute approximate surface area is 114 Å². The van der Waals surface area contributed by atoms with E-state index in [1.807, 2.05) is 19.1 Å². The first-order valence-corrected chi connectivity index (χ1v) is 6.30. The van der Waals surface area contributed by atoms with Crippen molar-refractivity contribution in [3.05, 3.63) is 32.8 Å². The molecule has 2 rings (SSSR count). The number of rotatable bonds is 1. The first kappa shape index (κ1) is 12.3. The number of nitrogens with two attached hydrogens (primary N) is 1. The van der Waals surface area contributed by atoms with Crippen LogP contribution in [0, 0.1) is 6.92 Å². The Bertz CT molecular complexity index is 614. The van der Waals surface area contributed by atoms with Gasteiger partial charge in [-0.1, -0.05) is 15.9 Å². The van der Waals surface area contributed by atoms with Crippen LogP contribution in [0.25, 0.3) is 10.9 Å². The molecule has 4 nitrogen and oxygen atoms in total. The Morgan fingerprint density at radius 2 is 2.06 bits per heavy atom. The van der Waals surface area contributed by atoms with Gasteiger partial charge in [0.1, 0.15) is 5.52 Å². The maximum atomic E-state index is 10.9. The number of amides is 1. The molecule has 0 atom stereocenters. The first-order valence-electron chi connectivity index (χ1n) is 4.71. The molecule has 1 aromatic heterocycles. The number of aromatic nitrogens is 1. The maximum absolute atomic E-state index is 10.9. The van der Waals surface area contributed by atoms with Gasteiger partial charge in [-0.3, -0.25) is 0 Å². The zero-order valence-electron chi connectivity index (χ0n) is 8.83. The Morgan fingerprint density at radius 3 is 2.71 bits per heavy atom. The second kappa shape index (κ2) is 4.62. The SMILES string of the molecule is Cc1ccc2c(Br)cc(Br)c(OC(N)=O)c2n1. The highest BCUT2D eigenvalue weighted by Gasteiger charge is 2.14. The van der Waals surface area contributed by atoms with Gasteiger partial charge in [-0.25, -0.2) is 9.78 Å². The quantitative estimate of drug-likeness (QED) is 0.847. The highest BCUT2D eigenvalue weighted by atomic mass is 79.9. The van der Waals surface area contributed by atoms with Gasteiger partial charge in [-0.05, 0) is 41.1 Å². The standard InChI is InChI=1S/C11H8Br2N2O2/c1-5-2-3-6-7(12)4-8(13)10(9(6)15-5)17-11(14)16/h2-4H,1H3,(H2,14,16). The van der Waals surface area contributed by atoms with Crippen molar-refractivity contribution in [2.75, 3.05) is 0 Å². The maximum Gasteiger partial charge on any atom is 0.410 e. The number of carbonyl (C=O) groups excluding carboxylic acids is 1. The molecule has 0 spiro atoms. The van der Waals surface area contributed by atoms with Gasteiger partial charge in [0, 0.05) is 15.6 Å². The minimum atomic E-state index is -0.863. The van der Waals surface area contributed by atoms with Crippen molar-refractivity contribution in [1.29, 1.82) is 0 Å². The number of pyridine rings is 1. The summed E-state index contributed by atoms with van der Waals surface area (Å²) in [5.41, 5.74) is 6.46. The summed E-state index contributed by atoms with van der Waals surface area (Å²) in [6.45, 7) is 1.86. The molecule has 1 aromatic carbocycles. The van der Waals surface area contributed by atoms with Crippen LogP contribution >= 0.6 is 31.9 Å². The van der Waals surface area contributed by atoms with Crippen LogP contribution in [0.15, 0.2) is 27.1 Å². The minimum absolute atomic E-state index is 0.333. The van der Waals surface area contributed by atoms with E-state index in [1.165, 1.54) is 0 Å². The van der Waals surface area contributed by atoms with E-state index in [4.69, 9.17) is 10.5 Å². The molecule has 0 aliphatic carbocycles. The van der Waals surface area contributed by atoms with E-state index in [0.29, 0.717) is 15.7 Å². The van der Waals surface area contributed by atoms with Crippen molar-refractivity contribution >= 4 is 48.9 Å². The van der Waals surface area contributed by atoms with Gasteiger partial charge in [0.15, 0.2) is 5.75 Å². The van der Waals surface area contributed by atoms with E-state index in [0.717, 1.165) is 15.6 Å². The number of benzene rings is 1. The van der Waals surface area contributed by atoms with Gasteiger partial charge in [-0.2, -0.15) is 0 Å². The molecule has 1 heterocycles. The van der Waals surface area contributed by atoms with Crippen molar-refractivity contribution in [2.24, 2.45) is 5.73 Å². The van der Waals surface area contributed by atoms with E-state index in [2.05, 4.69) is 36.8 Å². The molecular weight excluding hydrogens is 352 g/mol. The zero-order valence-corrected chi connectivity index (χ0v) is 12.0. The zero-order chi connectivity index (χ0) is 12.6. The lowest BCUT2D eigenvalue weighted by Crippen LogP contribution is -2.17. The summed E-state index contributed by atoms with van der Waals surface area (Å²) in [6, 6.07) is 5.58. The summed E-state index contributed by atoms with van der Waals surface area (Å²) in [6.07, 6.45) is -0.863. The summed E-state index contributed by atoms with van der Waals surface area (Å²) in [7, 11) is 0. The molecule has 88 valence electrons. The van der Waals surface area contributed by atoms with Gasteiger partial charge < -0.3 is 10.5 Å². The number of carbonyl (C=O) groups is 1. The Hall–Kier alpha value is -1.14. The lowest BCUT2D eigenvalue weighted by atomic mass is 10.2. The van der Waals surface area contributed by atoms with Crippen LogP contribution in [-0.4, -0.2) is 11.1 Å². The van der Waals surface area contributed by atoms with Crippen LogP contribution in [0.5, 0.6) is 5.75 Å². The minimum Gasteiger partial charge on any atom is -0.407 e. The second-order valence-electron chi connectivity index (χ2n) is 3.44. The van der Waals surface area contributed by atoms with E-state index >= 15 is 0 Å². The van der Waals surface area contributed by atoms with E-state index in [9.17, 15) is 4.79 Å². The lowest BCUT2D eigenvalue weighted by molar-refractivity contribution is 0.211. The summed E-state index contributed by atoms with van der Waals surface area (Å²) in [4.78, 5) is 15.2. The molecule has 6 heteroatoms. The van der Waals surface area contributed by atoms with Crippen LogP contribution in [-0.2, 0) is 0 Å². The van der Waals surface area contributed by atoms with Crippen LogP contribution in [0.3, 0.4) is 0 Å². The van der Waals surface area contributed by atoms with Crippen LogP contribution in [0.1, 0.15) is 5.69 Å². The van der Waals surface area contributed by atoms with E-state index in [-0.39, 0.29) is 0 Å². The van der Waals surface area contributed by atoms with Crippen molar-refractivity contribution in [3.8, 4) is 5.75 Å². The Kier molecular flexibility index (Phi) is 3.35. The predicted octanol–water partition coefficient (Wildman–Crippen LogP) is 3.53. The molecule has 1 amide bonds. The number of ether oxygens (including phenoxy) is 1. The molecule has 2 N–H and O–H groups in total. The van der Waals surface area contributed by atoms with Crippen molar-refractivity contribution < 1.29 is 9.53 Å². The van der Waals surface area contributed by atoms with Crippen molar-refractivity contribution in [1.82, 2.24) is 4.98 Å². The molecular formula is C11H8Br2N2O2. The number of primary amides is 1. The van der Waals surface area contributed by atoms with Gasteiger partial charge in [0.05, 0.1) is 4.47 Å². The highest BCUT2D eigenvalue weighted by Crippen LogP contribution is 2.37. The molecule has 0 aliphatic rings. The summed E-state index contributed by atoms with van der Waals surface area (Å²) < 4.78 is 6.46. The van der Waals surface area contributed by atoms with Crippen LogP contribution < -0.4 is 10.5 Å². The van der Waals surface area contributed by atoms with Crippen LogP contribution in [0.4, 0.5) is 4.79 Å². The van der Waals surface area contributed by atoms with Crippen molar-refractivity contribution in [3.63, 3.8) is 0 Å². The van der Waals surface area contributed by atoms with Gasteiger partial charge in [0.2, 0.25) is 0 Å². The smallest absolute Gasteiger partial charge is 0.407 e. The Morgan fingerprint density at radius 1 is 1.35 bits per heavy atom. The highest BCUT2D eigenvalue weighted by molar-refractivity contribution is 9.11. The largest absolute Gasteiger partial charge is 0.410 e. The molecule has 0 saturated carbocycles. The number of halogens is 2. The molecule has 0 radical (unpaired) electrons. The normalized spacial score (nSPS) is 10.5. The monoisotopic (exact) mass is 358 g/mol. The first-order chi connectivity index (χ1) is 7.99. The number of nitrogens with zero attached hydrogens (tertiary/aromatic N) is 1. The second-order valence-corrected chi connectivity index (χ2v) is 5.15. The fourth-order valence-electron chi connectivity index (χ4n) is 1.49. The van der Waals surface area contributed by atoms with Crippen molar-refractivity contribution in [2.45, 2.75) is 6.92 Å². The topological polar surface area (TPSA) is 65.2 Å². The molecule has 2 aromatic rings. The average Bonchev–Trinajstić information content (AvgIpc) is 2.23. The van der Waals surface area contributed by atoms with Gasteiger partial charge in [-0.15, -0.1) is 0 Å². The summed E-state index contributed by atoms with van der Waals surface area (Å²) >= 11 is 6.75. The molecule has 0 aliphatic heterocycles. The fourth-order valence-corrected chi connectivity index (χ4v) is 2.84. The molecule has 0 bridgehead atoms. The van der Waals surface area contributed by atoms with Gasteiger partial charge >= 0.3 is 6.09 Å². The average molecular weight is 360 g/mol. The summed E-state index contributed by atoms with van der Waals surface area (Å²) in [5.74, 6) is 0.333. The molecule has 17 heavy (non-hydrogen) atoms. The fraction of sp³-hybridized carbons (Fsp3) is 0.0909. The number of hydrogen-bond acceptors (Lipinski definition) is 3.